The van der Waals surface area contributed by atoms with Gasteiger partial charge in [0.1, 0.15) is 12.2 Å². The maximum atomic E-state index is 12.7. The van der Waals surface area contributed by atoms with Crippen molar-refractivity contribution in [1.29, 1.82) is 0 Å². The van der Waals surface area contributed by atoms with Crippen molar-refractivity contribution < 1.29 is 19.1 Å². The molecule has 0 radical (unpaired) electrons. The van der Waals surface area contributed by atoms with Crippen LogP contribution in [-0.4, -0.2) is 57.9 Å². The maximum Gasteiger partial charge on any atom is 0.410 e. The van der Waals surface area contributed by atoms with Gasteiger partial charge in [-0.2, -0.15) is 5.10 Å². The molecule has 154 valence electrons. The van der Waals surface area contributed by atoms with E-state index in [1.807, 2.05) is 47.6 Å². The van der Waals surface area contributed by atoms with Crippen LogP contribution < -0.4 is 10.1 Å². The minimum atomic E-state index is -0.539. The molecule has 1 saturated heterocycles. The molecule has 2 fully saturated rings. The molecule has 2 amide bonds. The van der Waals surface area contributed by atoms with Crippen LogP contribution in [-0.2, 0) is 9.53 Å². The van der Waals surface area contributed by atoms with Crippen molar-refractivity contribution in [3.63, 3.8) is 0 Å². The van der Waals surface area contributed by atoms with E-state index in [4.69, 9.17) is 9.47 Å². The predicted molar refractivity (Wildman–Crippen MR) is 103 cm³/mol. The number of hydrogen-bond donors (Lipinski definition) is 1. The molecule has 2 heterocycles. The number of aryl methyl sites for hydroxylation is 1. The standard InChI is InChI=1S/C20H30N4O4/c1-12-7-8-21-23-17(12)27-11-20(5,6)22-16(25)15-13-9-24(10-14(13)15)18(26)28-19(2,3)4/h7-8,13-15H,9-11H2,1-6H3,(H,22,25). The molecule has 1 aromatic rings. The minimum absolute atomic E-state index is 0.0170. The van der Waals surface area contributed by atoms with Gasteiger partial charge in [-0.25, -0.2) is 4.79 Å². The third kappa shape index (κ3) is 4.72. The second-order valence-electron chi connectivity index (χ2n) is 9.42. The van der Waals surface area contributed by atoms with Gasteiger partial charge in [0.05, 0.1) is 11.7 Å². The Labute approximate surface area is 166 Å². The number of aromatic nitrogens is 2. The molecule has 1 aliphatic heterocycles. The topological polar surface area (TPSA) is 93.7 Å². The van der Waals surface area contributed by atoms with Crippen molar-refractivity contribution in [2.45, 2.75) is 52.7 Å². The quantitative estimate of drug-likeness (QED) is 0.828. The summed E-state index contributed by atoms with van der Waals surface area (Å²) in [6.45, 7) is 12.7. The average Bonchev–Trinajstić information content (AvgIpc) is 3.07. The fraction of sp³-hybridized carbons (Fsp3) is 0.700. The zero-order valence-electron chi connectivity index (χ0n) is 17.5. The number of piperidine rings is 1. The smallest absolute Gasteiger partial charge is 0.410 e. The summed E-state index contributed by atoms with van der Waals surface area (Å²) in [4.78, 5) is 26.5. The van der Waals surface area contributed by atoms with E-state index in [0.29, 0.717) is 25.6 Å². The molecule has 2 unspecified atom stereocenters. The molecule has 1 N–H and O–H groups in total. The van der Waals surface area contributed by atoms with E-state index in [1.54, 1.807) is 11.1 Å². The summed E-state index contributed by atoms with van der Waals surface area (Å²) in [7, 11) is 0. The van der Waals surface area contributed by atoms with E-state index >= 15 is 0 Å². The highest BCUT2D eigenvalue weighted by atomic mass is 16.6. The molecule has 2 aliphatic rings. The third-order valence-corrected chi connectivity index (χ3v) is 5.06. The van der Waals surface area contributed by atoms with Crippen LogP contribution in [0.25, 0.3) is 0 Å². The lowest BCUT2D eigenvalue weighted by Crippen LogP contribution is -2.49. The van der Waals surface area contributed by atoms with Gasteiger partial charge in [-0.05, 0) is 59.4 Å². The highest BCUT2D eigenvalue weighted by Crippen LogP contribution is 2.52. The van der Waals surface area contributed by atoms with E-state index in [0.717, 1.165) is 5.56 Å². The molecule has 0 spiro atoms. The van der Waals surface area contributed by atoms with Crippen LogP contribution in [0.15, 0.2) is 12.3 Å². The van der Waals surface area contributed by atoms with Crippen molar-refractivity contribution in [1.82, 2.24) is 20.4 Å². The molecular weight excluding hydrogens is 360 g/mol. The molecule has 28 heavy (non-hydrogen) atoms. The van der Waals surface area contributed by atoms with Gasteiger partial charge >= 0.3 is 6.09 Å². The van der Waals surface area contributed by atoms with E-state index in [-0.39, 0.29) is 29.8 Å². The number of hydrogen-bond acceptors (Lipinski definition) is 6. The number of rotatable bonds is 5. The number of carbonyl (C=O) groups is 2. The van der Waals surface area contributed by atoms with E-state index in [1.165, 1.54) is 0 Å². The highest BCUT2D eigenvalue weighted by molar-refractivity contribution is 5.84. The van der Waals surface area contributed by atoms with Crippen LogP contribution in [0, 0.1) is 24.7 Å². The third-order valence-electron chi connectivity index (χ3n) is 5.06. The first-order valence-electron chi connectivity index (χ1n) is 9.68. The summed E-state index contributed by atoms with van der Waals surface area (Å²) < 4.78 is 11.1. The largest absolute Gasteiger partial charge is 0.474 e. The Bertz CT molecular complexity index is 747. The molecular formula is C20H30N4O4. The summed E-state index contributed by atoms with van der Waals surface area (Å²) >= 11 is 0. The number of likely N-dealkylation sites (tertiary alicyclic amines) is 1. The van der Waals surface area contributed by atoms with Gasteiger partial charge in [-0.1, -0.05) is 0 Å². The Morgan fingerprint density at radius 3 is 2.43 bits per heavy atom. The van der Waals surface area contributed by atoms with Crippen LogP contribution in [0.3, 0.4) is 0 Å². The molecule has 0 aromatic carbocycles. The summed E-state index contributed by atoms with van der Waals surface area (Å²) in [5.41, 5.74) is -0.148. The lowest BCUT2D eigenvalue weighted by Gasteiger charge is -2.28. The van der Waals surface area contributed by atoms with Gasteiger partial charge in [0.2, 0.25) is 11.8 Å². The molecule has 1 aliphatic carbocycles. The zero-order chi connectivity index (χ0) is 20.7. The van der Waals surface area contributed by atoms with Crippen molar-refractivity contribution >= 4 is 12.0 Å². The van der Waals surface area contributed by atoms with Gasteiger partial charge in [0, 0.05) is 24.6 Å². The first-order valence-corrected chi connectivity index (χ1v) is 9.68. The molecule has 0 bridgehead atoms. The maximum absolute atomic E-state index is 12.7. The first kappa shape index (κ1) is 20.4. The van der Waals surface area contributed by atoms with Crippen molar-refractivity contribution in [3.05, 3.63) is 17.8 Å². The second kappa shape index (κ2) is 7.22. The fourth-order valence-corrected chi connectivity index (χ4v) is 3.62. The lowest BCUT2D eigenvalue weighted by molar-refractivity contribution is -0.125. The van der Waals surface area contributed by atoms with Gasteiger partial charge in [-0.15, -0.1) is 5.10 Å². The summed E-state index contributed by atoms with van der Waals surface area (Å²) in [6, 6.07) is 1.83. The van der Waals surface area contributed by atoms with Gasteiger partial charge in [0.15, 0.2) is 0 Å². The van der Waals surface area contributed by atoms with Crippen molar-refractivity contribution in [3.8, 4) is 5.88 Å². The Kier molecular flexibility index (Phi) is 5.25. The predicted octanol–water partition coefficient (Wildman–Crippen LogP) is 2.17. The van der Waals surface area contributed by atoms with Crippen LogP contribution in [0.5, 0.6) is 5.88 Å². The van der Waals surface area contributed by atoms with E-state index in [9.17, 15) is 9.59 Å². The van der Waals surface area contributed by atoms with E-state index < -0.39 is 11.1 Å². The molecule has 1 aromatic heterocycles. The molecule has 8 nitrogen and oxygen atoms in total. The van der Waals surface area contributed by atoms with Crippen LogP contribution in [0.2, 0.25) is 0 Å². The number of nitrogens with zero attached hydrogens (tertiary/aromatic N) is 3. The highest BCUT2D eigenvalue weighted by Gasteiger charge is 2.61. The second-order valence-corrected chi connectivity index (χ2v) is 9.42. The summed E-state index contributed by atoms with van der Waals surface area (Å²) in [5, 5.41) is 10.9. The number of fused-ring (bicyclic) bond motifs is 1. The van der Waals surface area contributed by atoms with Crippen molar-refractivity contribution in [2.24, 2.45) is 17.8 Å². The number of ether oxygens (including phenoxy) is 2. The summed E-state index contributed by atoms with van der Waals surface area (Å²) in [5.74, 6) is 0.874. The van der Waals surface area contributed by atoms with E-state index in [2.05, 4.69) is 15.5 Å². The number of carbonyl (C=O) groups excluding carboxylic acids is 2. The molecule has 3 rings (SSSR count). The van der Waals surface area contributed by atoms with Crippen LogP contribution in [0.1, 0.15) is 40.2 Å². The Morgan fingerprint density at radius 2 is 1.86 bits per heavy atom. The summed E-state index contributed by atoms with van der Waals surface area (Å²) in [6.07, 6.45) is 1.31. The van der Waals surface area contributed by atoms with Gasteiger partial charge < -0.3 is 19.7 Å². The Balaban J connectivity index is 1.46. The Hall–Kier alpha value is -2.38. The normalized spacial score (nSPS) is 23.8. The number of nitrogens with one attached hydrogen (secondary N) is 1. The van der Waals surface area contributed by atoms with Gasteiger partial charge in [-0.3, -0.25) is 4.79 Å². The molecule has 8 heteroatoms. The first-order chi connectivity index (χ1) is 13.0. The van der Waals surface area contributed by atoms with Crippen molar-refractivity contribution in [2.75, 3.05) is 19.7 Å². The lowest BCUT2D eigenvalue weighted by atomic mass is 10.1. The monoisotopic (exact) mass is 390 g/mol. The number of amides is 2. The fourth-order valence-electron chi connectivity index (χ4n) is 3.62. The SMILES string of the molecule is Cc1ccnnc1OCC(C)(C)NC(=O)C1C2CN(C(=O)OC(C)(C)C)CC21. The zero-order valence-corrected chi connectivity index (χ0v) is 17.5. The average molecular weight is 390 g/mol. The minimum Gasteiger partial charge on any atom is -0.474 e. The molecule has 2 atom stereocenters. The molecule has 1 saturated carbocycles. The Morgan fingerprint density at radius 1 is 1.21 bits per heavy atom. The van der Waals surface area contributed by atoms with Crippen LogP contribution >= 0.6 is 0 Å². The van der Waals surface area contributed by atoms with Crippen LogP contribution in [0.4, 0.5) is 4.79 Å². The van der Waals surface area contributed by atoms with Gasteiger partial charge in [0.25, 0.3) is 0 Å².